The van der Waals surface area contributed by atoms with Crippen molar-refractivity contribution in [3.05, 3.63) is 29.5 Å². The van der Waals surface area contributed by atoms with Crippen molar-refractivity contribution in [2.24, 2.45) is 7.05 Å². The van der Waals surface area contributed by atoms with Gasteiger partial charge in [-0.2, -0.15) is 21.6 Å². The van der Waals surface area contributed by atoms with Crippen LogP contribution in [-0.2, 0) is 28.1 Å². The Kier molecular flexibility index (Phi) is 5.52. The molecule has 11 heteroatoms. The van der Waals surface area contributed by atoms with E-state index in [1.54, 1.807) is 6.92 Å². The highest BCUT2D eigenvalue weighted by Gasteiger charge is 2.35. The molecule has 0 spiro atoms. The number of carbonyl (C=O) groups excluding carboxylic acids is 1. The molecule has 26 heavy (non-hydrogen) atoms. The molecule has 0 saturated heterocycles. The van der Waals surface area contributed by atoms with E-state index in [0.717, 1.165) is 6.07 Å². The van der Waals surface area contributed by atoms with Gasteiger partial charge in [0.1, 0.15) is 23.8 Å². The first-order chi connectivity index (χ1) is 11.9. The van der Waals surface area contributed by atoms with Crippen molar-refractivity contribution >= 4 is 27.0 Å². The number of aromatic nitrogens is 1. The van der Waals surface area contributed by atoms with Crippen LogP contribution in [0.15, 0.2) is 18.2 Å². The van der Waals surface area contributed by atoms with Crippen LogP contribution in [0.1, 0.15) is 23.0 Å². The summed E-state index contributed by atoms with van der Waals surface area (Å²) < 4.78 is 81.3. The largest absolute Gasteiger partial charge is 0.492 e. The smallest absolute Gasteiger partial charge is 0.417 e. The first-order valence-corrected chi connectivity index (χ1v) is 9.00. The van der Waals surface area contributed by atoms with Crippen LogP contribution >= 0.6 is 0 Å². The second-order valence-corrected chi connectivity index (χ2v) is 6.92. The second kappa shape index (κ2) is 7.16. The maximum atomic E-state index is 13.4. The van der Waals surface area contributed by atoms with Gasteiger partial charge in [0, 0.05) is 18.5 Å². The normalized spacial score (nSPS) is 12.4. The number of esters is 1. The molecule has 1 aromatic carbocycles. The van der Waals surface area contributed by atoms with Gasteiger partial charge in [-0.15, -0.1) is 0 Å². The standard InChI is InChI=1S/C15H16F3NO6S/c1-3-24-14(20)13-8-10-11(15(16,17)18)6-9(7-12(10)19(13)2)25-4-5-26(21,22)23/h6-8H,3-5H2,1-2H3,(H,21,22,23). The number of benzene rings is 1. The fourth-order valence-corrected chi connectivity index (χ4v) is 2.68. The molecule has 0 radical (unpaired) electrons. The number of ether oxygens (including phenoxy) is 2. The van der Waals surface area contributed by atoms with Gasteiger partial charge in [-0.25, -0.2) is 4.79 Å². The molecule has 0 fully saturated rings. The number of halogens is 3. The average Bonchev–Trinajstić information content (AvgIpc) is 2.82. The van der Waals surface area contributed by atoms with Crippen LogP contribution in [0.5, 0.6) is 5.75 Å². The maximum Gasteiger partial charge on any atom is 0.417 e. The van der Waals surface area contributed by atoms with Crippen molar-refractivity contribution < 1.29 is 40.4 Å². The summed E-state index contributed by atoms with van der Waals surface area (Å²) in [4.78, 5) is 11.9. The Morgan fingerprint density at radius 2 is 1.92 bits per heavy atom. The minimum atomic E-state index is -4.73. The molecule has 0 saturated carbocycles. The van der Waals surface area contributed by atoms with Crippen molar-refractivity contribution in [3.63, 3.8) is 0 Å². The lowest BCUT2D eigenvalue weighted by Crippen LogP contribution is -2.13. The zero-order valence-electron chi connectivity index (χ0n) is 13.8. The van der Waals surface area contributed by atoms with Gasteiger partial charge in [-0.3, -0.25) is 4.55 Å². The summed E-state index contributed by atoms with van der Waals surface area (Å²) >= 11 is 0. The summed E-state index contributed by atoms with van der Waals surface area (Å²) in [5.74, 6) is -1.79. The number of carbonyl (C=O) groups is 1. The van der Waals surface area contributed by atoms with Crippen LogP contribution in [-0.4, -0.2) is 42.5 Å². The minimum absolute atomic E-state index is 0.0599. The lowest BCUT2D eigenvalue weighted by atomic mass is 10.1. The number of hydrogen-bond acceptors (Lipinski definition) is 5. The maximum absolute atomic E-state index is 13.4. The SMILES string of the molecule is CCOC(=O)c1cc2c(C(F)(F)F)cc(OCCS(=O)(=O)O)cc2n1C. The van der Waals surface area contributed by atoms with Crippen molar-refractivity contribution in [1.82, 2.24) is 4.57 Å². The number of rotatable bonds is 6. The van der Waals surface area contributed by atoms with Gasteiger partial charge in [0.15, 0.2) is 0 Å². The van der Waals surface area contributed by atoms with Crippen LogP contribution in [0.3, 0.4) is 0 Å². The van der Waals surface area contributed by atoms with Gasteiger partial charge in [0.2, 0.25) is 0 Å². The summed E-state index contributed by atoms with van der Waals surface area (Å²) in [6.07, 6.45) is -4.73. The molecule has 1 aromatic heterocycles. The Hall–Kier alpha value is -2.27. The lowest BCUT2D eigenvalue weighted by molar-refractivity contribution is -0.136. The van der Waals surface area contributed by atoms with E-state index >= 15 is 0 Å². The third-order valence-corrected chi connectivity index (χ3v) is 4.22. The number of hydrogen-bond donors (Lipinski definition) is 1. The monoisotopic (exact) mass is 395 g/mol. The van der Waals surface area contributed by atoms with Crippen molar-refractivity contribution in [2.75, 3.05) is 19.0 Å². The zero-order chi connectivity index (χ0) is 19.7. The van der Waals surface area contributed by atoms with Crippen molar-refractivity contribution in [1.29, 1.82) is 0 Å². The zero-order valence-corrected chi connectivity index (χ0v) is 14.6. The van der Waals surface area contributed by atoms with Crippen LogP contribution in [0.4, 0.5) is 13.2 Å². The predicted octanol–water partition coefficient (Wildman–Crippen LogP) is 2.64. The molecular formula is C15H16F3NO6S. The highest BCUT2D eigenvalue weighted by Crippen LogP contribution is 2.38. The molecule has 0 atom stereocenters. The summed E-state index contributed by atoms with van der Waals surface area (Å²) in [5, 5.41) is -0.217. The highest BCUT2D eigenvalue weighted by atomic mass is 32.2. The molecular weight excluding hydrogens is 379 g/mol. The minimum Gasteiger partial charge on any atom is -0.492 e. The van der Waals surface area contributed by atoms with Gasteiger partial charge in [0.05, 0.1) is 17.7 Å². The van der Waals surface area contributed by atoms with E-state index in [1.165, 1.54) is 17.7 Å². The molecule has 1 N–H and O–H groups in total. The molecule has 1 heterocycles. The molecule has 0 aliphatic heterocycles. The average molecular weight is 395 g/mol. The summed E-state index contributed by atoms with van der Waals surface area (Å²) in [7, 11) is -2.91. The quantitative estimate of drug-likeness (QED) is 0.597. The van der Waals surface area contributed by atoms with Gasteiger partial charge >= 0.3 is 12.1 Å². The third-order valence-electron chi connectivity index (χ3n) is 3.54. The fourth-order valence-electron chi connectivity index (χ4n) is 2.39. The molecule has 0 aliphatic carbocycles. The van der Waals surface area contributed by atoms with Gasteiger partial charge in [0.25, 0.3) is 10.1 Å². The van der Waals surface area contributed by atoms with Crippen molar-refractivity contribution in [2.45, 2.75) is 13.1 Å². The van der Waals surface area contributed by atoms with Crippen molar-refractivity contribution in [3.8, 4) is 5.75 Å². The lowest BCUT2D eigenvalue weighted by Gasteiger charge is -2.12. The first-order valence-electron chi connectivity index (χ1n) is 7.39. The van der Waals surface area contributed by atoms with Crippen LogP contribution < -0.4 is 4.74 Å². The first kappa shape index (κ1) is 20.0. The third kappa shape index (κ3) is 4.47. The Morgan fingerprint density at radius 1 is 1.27 bits per heavy atom. The Morgan fingerprint density at radius 3 is 2.46 bits per heavy atom. The van der Waals surface area contributed by atoms with Crippen LogP contribution in [0.25, 0.3) is 10.9 Å². The number of aryl methyl sites for hydroxylation is 1. The molecule has 0 aliphatic rings. The highest BCUT2D eigenvalue weighted by molar-refractivity contribution is 7.85. The molecule has 0 bridgehead atoms. The Bertz CT molecular complexity index is 933. The van der Waals surface area contributed by atoms with Crippen LogP contribution in [0, 0.1) is 0 Å². The summed E-state index contributed by atoms with van der Waals surface area (Å²) in [6.45, 7) is 1.11. The van der Waals surface area contributed by atoms with Gasteiger partial charge < -0.3 is 14.0 Å². The summed E-state index contributed by atoms with van der Waals surface area (Å²) in [6, 6.07) is 3.04. The fraction of sp³-hybridized carbons (Fsp3) is 0.400. The second-order valence-electron chi connectivity index (χ2n) is 5.34. The van der Waals surface area contributed by atoms with Gasteiger partial charge in [-0.1, -0.05) is 0 Å². The molecule has 0 unspecified atom stereocenters. The molecule has 2 aromatic rings. The molecule has 144 valence electrons. The number of fused-ring (bicyclic) bond motifs is 1. The van der Waals surface area contributed by atoms with E-state index in [1.807, 2.05) is 0 Å². The number of nitrogens with zero attached hydrogens (tertiary/aromatic N) is 1. The van der Waals surface area contributed by atoms with E-state index in [0.29, 0.717) is 6.07 Å². The molecule has 0 amide bonds. The number of alkyl halides is 3. The van der Waals surface area contributed by atoms with E-state index in [2.05, 4.69) is 0 Å². The predicted molar refractivity (Wildman–Crippen MR) is 85.8 cm³/mol. The Balaban J connectivity index is 2.53. The topological polar surface area (TPSA) is 94.8 Å². The van der Waals surface area contributed by atoms with Gasteiger partial charge in [-0.05, 0) is 19.1 Å². The Labute approximate surface area is 147 Å². The van der Waals surface area contributed by atoms with E-state index < -0.39 is 40.2 Å². The summed E-state index contributed by atoms with van der Waals surface area (Å²) in [5.41, 5.74) is -1.05. The molecule has 7 nitrogen and oxygen atoms in total. The van der Waals surface area contributed by atoms with E-state index in [9.17, 15) is 26.4 Å². The van der Waals surface area contributed by atoms with E-state index in [4.69, 9.17) is 14.0 Å². The molecule has 2 rings (SSSR count). The van der Waals surface area contributed by atoms with E-state index in [-0.39, 0.29) is 29.0 Å². The van der Waals surface area contributed by atoms with Crippen LogP contribution in [0.2, 0.25) is 0 Å².